The minimum absolute atomic E-state index is 1.15. The van der Waals surface area contributed by atoms with Gasteiger partial charge in [-0.2, -0.15) is 0 Å². The molecule has 0 radical (unpaired) electrons. The monoisotopic (exact) mass is 312 g/mol. The fraction of sp³-hybridized carbons (Fsp3) is 0.167. The lowest BCUT2D eigenvalue weighted by Gasteiger charge is -2.07. The zero-order valence-corrected chi connectivity index (χ0v) is 11.2. The first-order valence-corrected chi connectivity index (χ1v) is 6.02. The Morgan fingerprint density at radius 2 is 1.07 bits per heavy atom. The fourth-order valence-electron chi connectivity index (χ4n) is 1.74. The molecule has 2 aromatic rings. The van der Waals surface area contributed by atoms with Gasteiger partial charge in [0.1, 0.15) is 0 Å². The summed E-state index contributed by atoms with van der Waals surface area (Å²) in [5, 5.41) is 2.64. The lowest BCUT2D eigenvalue weighted by molar-refractivity contribution is 1.45. The van der Waals surface area contributed by atoms with Crippen LogP contribution in [0.3, 0.4) is 0 Å². The van der Waals surface area contributed by atoms with Crippen molar-refractivity contribution >= 4 is 42.6 Å². The van der Waals surface area contributed by atoms with Gasteiger partial charge in [0.15, 0.2) is 0 Å². The molecule has 0 heterocycles. The third-order valence-electron chi connectivity index (χ3n) is 2.41. The quantitative estimate of drug-likeness (QED) is 0.643. The van der Waals surface area contributed by atoms with Gasteiger partial charge >= 0.3 is 0 Å². The van der Waals surface area contributed by atoms with Crippen molar-refractivity contribution in [2.75, 3.05) is 0 Å². The average Bonchev–Trinajstić information content (AvgIpc) is 2.07. The topological polar surface area (TPSA) is 0 Å². The van der Waals surface area contributed by atoms with Crippen LogP contribution < -0.4 is 0 Å². The summed E-state index contributed by atoms with van der Waals surface area (Å²) >= 11 is 7.05. The van der Waals surface area contributed by atoms with Crippen molar-refractivity contribution in [1.29, 1.82) is 0 Å². The van der Waals surface area contributed by atoms with Crippen LogP contribution in [0, 0.1) is 13.8 Å². The zero-order valence-electron chi connectivity index (χ0n) is 8.07. The van der Waals surface area contributed by atoms with Crippen molar-refractivity contribution in [3.63, 3.8) is 0 Å². The lowest BCUT2D eigenvalue weighted by atomic mass is 10.0. The molecule has 0 aliphatic rings. The van der Waals surface area contributed by atoms with E-state index in [0.717, 1.165) is 8.95 Å². The van der Waals surface area contributed by atoms with E-state index in [4.69, 9.17) is 0 Å². The molecule has 0 unspecified atom stereocenters. The van der Waals surface area contributed by atoms with Crippen molar-refractivity contribution in [2.24, 2.45) is 0 Å². The standard InChI is InChI=1S/C12H10Br2/c1-7-3-9(13)6-12-8(2)4-10(14)5-11(7)12/h3-6H,1-2H3. The Labute approximate surface area is 101 Å². The molecule has 0 spiro atoms. The zero-order chi connectivity index (χ0) is 10.3. The Hall–Kier alpha value is -0.340. The molecule has 0 fully saturated rings. The van der Waals surface area contributed by atoms with Gasteiger partial charge in [0.25, 0.3) is 0 Å². The summed E-state index contributed by atoms with van der Waals surface area (Å²) < 4.78 is 2.29. The highest BCUT2D eigenvalue weighted by molar-refractivity contribution is 9.10. The van der Waals surface area contributed by atoms with E-state index in [2.05, 4.69) is 70.0 Å². The van der Waals surface area contributed by atoms with Crippen LogP contribution in [-0.4, -0.2) is 0 Å². The molecular weight excluding hydrogens is 304 g/mol. The van der Waals surface area contributed by atoms with Crippen LogP contribution in [0.25, 0.3) is 10.8 Å². The molecule has 0 bridgehead atoms. The van der Waals surface area contributed by atoms with Crippen LogP contribution in [0.2, 0.25) is 0 Å². The number of fused-ring (bicyclic) bond motifs is 1. The summed E-state index contributed by atoms with van der Waals surface area (Å²) in [5.41, 5.74) is 2.61. The van der Waals surface area contributed by atoms with Crippen LogP contribution in [0.1, 0.15) is 11.1 Å². The van der Waals surface area contributed by atoms with Gasteiger partial charge < -0.3 is 0 Å². The molecular formula is C12H10Br2. The Balaban J connectivity index is 2.94. The van der Waals surface area contributed by atoms with E-state index in [9.17, 15) is 0 Å². The molecule has 0 aliphatic heterocycles. The van der Waals surface area contributed by atoms with Gasteiger partial charge in [-0.3, -0.25) is 0 Å². The molecule has 0 amide bonds. The summed E-state index contributed by atoms with van der Waals surface area (Å²) in [7, 11) is 0. The molecule has 0 N–H and O–H groups in total. The van der Waals surface area contributed by atoms with Crippen molar-refractivity contribution in [2.45, 2.75) is 13.8 Å². The maximum atomic E-state index is 3.52. The lowest BCUT2D eigenvalue weighted by Crippen LogP contribution is -1.83. The second-order valence-electron chi connectivity index (χ2n) is 3.54. The highest BCUT2D eigenvalue weighted by Gasteiger charge is 2.03. The van der Waals surface area contributed by atoms with Gasteiger partial charge in [-0.1, -0.05) is 31.9 Å². The minimum Gasteiger partial charge on any atom is -0.0508 e. The summed E-state index contributed by atoms with van der Waals surface area (Å²) in [6.45, 7) is 4.28. The molecule has 72 valence electrons. The van der Waals surface area contributed by atoms with Crippen molar-refractivity contribution < 1.29 is 0 Å². The Morgan fingerprint density at radius 1 is 0.714 bits per heavy atom. The molecule has 0 atom stereocenters. The van der Waals surface area contributed by atoms with E-state index in [-0.39, 0.29) is 0 Å². The molecule has 0 aromatic heterocycles. The molecule has 2 aromatic carbocycles. The van der Waals surface area contributed by atoms with E-state index in [1.807, 2.05) is 0 Å². The van der Waals surface area contributed by atoms with Crippen LogP contribution in [0.4, 0.5) is 0 Å². The average molecular weight is 314 g/mol. The second kappa shape index (κ2) is 3.67. The molecule has 2 rings (SSSR count). The van der Waals surface area contributed by atoms with E-state index in [0.29, 0.717) is 0 Å². The van der Waals surface area contributed by atoms with Crippen LogP contribution in [0.5, 0.6) is 0 Å². The second-order valence-corrected chi connectivity index (χ2v) is 5.37. The maximum absolute atomic E-state index is 3.52. The van der Waals surface area contributed by atoms with Crippen LogP contribution in [0.15, 0.2) is 33.2 Å². The summed E-state index contributed by atoms with van der Waals surface area (Å²) in [5.74, 6) is 0. The molecule has 0 saturated heterocycles. The molecule has 2 heteroatoms. The molecule has 14 heavy (non-hydrogen) atoms. The fourth-order valence-corrected chi connectivity index (χ4v) is 2.88. The normalized spacial score (nSPS) is 10.9. The van der Waals surface area contributed by atoms with E-state index >= 15 is 0 Å². The number of hydrogen-bond acceptors (Lipinski definition) is 0. The van der Waals surface area contributed by atoms with Crippen molar-refractivity contribution in [3.05, 3.63) is 44.3 Å². The van der Waals surface area contributed by atoms with Crippen molar-refractivity contribution in [3.8, 4) is 0 Å². The summed E-state index contributed by atoms with van der Waals surface area (Å²) in [6, 6.07) is 8.64. The first kappa shape index (κ1) is 10.2. The maximum Gasteiger partial charge on any atom is 0.0184 e. The van der Waals surface area contributed by atoms with E-state index in [1.54, 1.807) is 0 Å². The number of hydrogen-bond donors (Lipinski definition) is 0. The van der Waals surface area contributed by atoms with Crippen molar-refractivity contribution in [1.82, 2.24) is 0 Å². The summed E-state index contributed by atoms with van der Waals surface area (Å²) in [6.07, 6.45) is 0. The molecule has 0 aliphatic carbocycles. The Bertz CT molecular complexity index is 454. The SMILES string of the molecule is Cc1cc(Br)cc2c(C)cc(Br)cc12. The van der Waals surface area contributed by atoms with Gasteiger partial charge in [0, 0.05) is 8.95 Å². The predicted octanol–water partition coefficient (Wildman–Crippen LogP) is 4.98. The molecule has 0 saturated carbocycles. The summed E-state index contributed by atoms with van der Waals surface area (Å²) in [4.78, 5) is 0. The number of benzene rings is 2. The Morgan fingerprint density at radius 3 is 1.43 bits per heavy atom. The van der Waals surface area contributed by atoms with Gasteiger partial charge in [-0.05, 0) is 60.0 Å². The number of rotatable bonds is 0. The van der Waals surface area contributed by atoms with Crippen LogP contribution >= 0.6 is 31.9 Å². The first-order valence-electron chi connectivity index (χ1n) is 4.44. The van der Waals surface area contributed by atoms with E-state index in [1.165, 1.54) is 21.9 Å². The van der Waals surface area contributed by atoms with Gasteiger partial charge in [0.2, 0.25) is 0 Å². The highest BCUT2D eigenvalue weighted by Crippen LogP contribution is 2.29. The van der Waals surface area contributed by atoms with Gasteiger partial charge in [-0.15, -0.1) is 0 Å². The highest BCUT2D eigenvalue weighted by atomic mass is 79.9. The minimum atomic E-state index is 1.15. The predicted molar refractivity (Wildman–Crippen MR) is 68.8 cm³/mol. The number of aryl methyl sites for hydroxylation is 2. The van der Waals surface area contributed by atoms with Crippen LogP contribution in [-0.2, 0) is 0 Å². The third-order valence-corrected chi connectivity index (χ3v) is 3.33. The van der Waals surface area contributed by atoms with Gasteiger partial charge in [0.05, 0.1) is 0 Å². The third kappa shape index (κ3) is 1.73. The largest absolute Gasteiger partial charge is 0.0508 e. The smallest absolute Gasteiger partial charge is 0.0184 e. The first-order chi connectivity index (χ1) is 6.58. The van der Waals surface area contributed by atoms with Gasteiger partial charge in [-0.25, -0.2) is 0 Å². The Kier molecular flexibility index (Phi) is 2.67. The number of halogens is 2. The van der Waals surface area contributed by atoms with E-state index < -0.39 is 0 Å². The molecule has 0 nitrogen and oxygen atoms in total.